The van der Waals surface area contributed by atoms with Crippen LogP contribution < -0.4 is 9.47 Å². The first-order valence-electron chi connectivity index (χ1n) is 9.10. The van der Waals surface area contributed by atoms with E-state index < -0.39 is 0 Å². The van der Waals surface area contributed by atoms with Crippen LogP contribution in [0.3, 0.4) is 0 Å². The van der Waals surface area contributed by atoms with Crippen molar-refractivity contribution in [3.63, 3.8) is 0 Å². The fourth-order valence-electron chi connectivity index (χ4n) is 3.68. The molecule has 0 fully saturated rings. The topological polar surface area (TPSA) is 49.2 Å². The number of rotatable bonds is 2. The summed E-state index contributed by atoms with van der Waals surface area (Å²) < 4.78 is 13.1. The number of hydrogen-bond donors (Lipinski definition) is 0. The average Bonchev–Trinajstić information content (AvgIpc) is 3.39. The minimum Gasteiger partial charge on any atom is -0.454 e. The lowest BCUT2D eigenvalue weighted by Gasteiger charge is -2.11. The molecule has 6 rings (SSSR count). The van der Waals surface area contributed by atoms with Crippen molar-refractivity contribution < 1.29 is 9.47 Å². The van der Waals surface area contributed by atoms with Crippen LogP contribution in [-0.2, 0) is 0 Å². The highest BCUT2D eigenvalue weighted by molar-refractivity contribution is 5.90. The Labute approximate surface area is 160 Å². The van der Waals surface area contributed by atoms with Crippen molar-refractivity contribution in [2.75, 3.05) is 6.79 Å². The van der Waals surface area contributed by atoms with Crippen LogP contribution in [0.4, 0.5) is 0 Å². The molecule has 0 saturated carbocycles. The maximum atomic E-state index is 5.53. The molecular formula is C23H15N3O2. The second-order valence-electron chi connectivity index (χ2n) is 6.70. The number of benzene rings is 3. The highest BCUT2D eigenvalue weighted by Gasteiger charge is 2.17. The van der Waals surface area contributed by atoms with Gasteiger partial charge in [-0.25, -0.2) is 9.97 Å². The molecule has 5 nitrogen and oxygen atoms in total. The Morgan fingerprint density at radius 3 is 2.64 bits per heavy atom. The molecule has 0 spiro atoms. The van der Waals surface area contributed by atoms with E-state index in [2.05, 4.69) is 35.0 Å². The molecule has 1 aliphatic heterocycles. The molecule has 5 heteroatoms. The standard InChI is InChI=1S/C23H15N3O2/c1-4-8-19-15(5-1)11-12-26(19)23-17-6-2-3-7-18(17)24-22(25-23)16-9-10-20-21(13-16)28-14-27-20/h1-13H,14H2. The molecule has 0 amide bonds. The quantitative estimate of drug-likeness (QED) is 0.443. The Balaban J connectivity index is 1.62. The number of fused-ring (bicyclic) bond motifs is 3. The van der Waals surface area contributed by atoms with Crippen molar-refractivity contribution in [1.82, 2.24) is 14.5 Å². The number of para-hydroxylation sites is 2. The molecule has 0 bridgehead atoms. The van der Waals surface area contributed by atoms with Crippen LogP contribution in [0.5, 0.6) is 11.5 Å². The first-order valence-corrected chi connectivity index (χ1v) is 9.10. The van der Waals surface area contributed by atoms with Gasteiger partial charge in [0.15, 0.2) is 17.3 Å². The summed E-state index contributed by atoms with van der Waals surface area (Å²) in [5.74, 6) is 2.99. The molecule has 3 aromatic carbocycles. The van der Waals surface area contributed by atoms with E-state index in [-0.39, 0.29) is 6.79 Å². The van der Waals surface area contributed by atoms with Gasteiger partial charge in [0.25, 0.3) is 0 Å². The maximum Gasteiger partial charge on any atom is 0.231 e. The molecule has 28 heavy (non-hydrogen) atoms. The Hall–Kier alpha value is -3.86. The van der Waals surface area contributed by atoms with Gasteiger partial charge >= 0.3 is 0 Å². The smallest absolute Gasteiger partial charge is 0.231 e. The minimum atomic E-state index is 0.248. The first kappa shape index (κ1) is 15.2. The van der Waals surface area contributed by atoms with E-state index in [4.69, 9.17) is 19.4 Å². The molecule has 0 unspecified atom stereocenters. The molecule has 2 aromatic heterocycles. The van der Waals surface area contributed by atoms with E-state index in [9.17, 15) is 0 Å². The summed E-state index contributed by atoms with van der Waals surface area (Å²) in [6, 6.07) is 24.3. The molecule has 1 aliphatic rings. The predicted molar refractivity (Wildman–Crippen MR) is 108 cm³/mol. The number of aromatic nitrogens is 3. The second-order valence-corrected chi connectivity index (χ2v) is 6.70. The molecule has 0 saturated heterocycles. The van der Waals surface area contributed by atoms with Gasteiger partial charge in [-0.15, -0.1) is 0 Å². The maximum absolute atomic E-state index is 5.53. The van der Waals surface area contributed by atoms with Crippen LogP contribution in [0.2, 0.25) is 0 Å². The number of hydrogen-bond acceptors (Lipinski definition) is 4. The third kappa shape index (κ3) is 2.26. The van der Waals surface area contributed by atoms with Crippen molar-refractivity contribution in [3.05, 3.63) is 79.0 Å². The highest BCUT2D eigenvalue weighted by Crippen LogP contribution is 2.36. The van der Waals surface area contributed by atoms with Gasteiger partial charge in [0.1, 0.15) is 5.82 Å². The van der Waals surface area contributed by atoms with E-state index >= 15 is 0 Å². The van der Waals surface area contributed by atoms with E-state index in [1.807, 2.05) is 48.5 Å². The molecule has 3 heterocycles. The van der Waals surface area contributed by atoms with Crippen LogP contribution in [0.1, 0.15) is 0 Å². The summed E-state index contributed by atoms with van der Waals surface area (Å²) in [5, 5.41) is 2.18. The van der Waals surface area contributed by atoms with Crippen molar-refractivity contribution in [3.8, 4) is 28.7 Å². The number of nitrogens with zero attached hydrogens (tertiary/aromatic N) is 3. The third-order valence-electron chi connectivity index (χ3n) is 5.04. The van der Waals surface area contributed by atoms with Crippen molar-refractivity contribution in [1.29, 1.82) is 0 Å². The second kappa shape index (κ2) is 5.82. The van der Waals surface area contributed by atoms with E-state index in [1.165, 1.54) is 5.39 Å². The Kier molecular flexibility index (Phi) is 3.17. The zero-order chi connectivity index (χ0) is 18.5. The first-order chi connectivity index (χ1) is 13.9. The zero-order valence-corrected chi connectivity index (χ0v) is 14.9. The van der Waals surface area contributed by atoms with Crippen LogP contribution in [0, 0.1) is 0 Å². The van der Waals surface area contributed by atoms with E-state index in [0.717, 1.165) is 39.3 Å². The molecule has 0 N–H and O–H groups in total. The van der Waals surface area contributed by atoms with E-state index in [1.54, 1.807) is 0 Å². The predicted octanol–water partition coefficient (Wildman–Crippen LogP) is 4.97. The van der Waals surface area contributed by atoms with Crippen LogP contribution in [-0.4, -0.2) is 21.3 Å². The molecule has 5 aromatic rings. The van der Waals surface area contributed by atoms with Crippen molar-refractivity contribution >= 4 is 21.8 Å². The van der Waals surface area contributed by atoms with Crippen LogP contribution in [0.15, 0.2) is 79.0 Å². The summed E-state index contributed by atoms with van der Waals surface area (Å²) in [5.41, 5.74) is 2.91. The normalized spacial score (nSPS) is 12.7. The Bertz CT molecular complexity index is 1360. The monoisotopic (exact) mass is 365 g/mol. The largest absolute Gasteiger partial charge is 0.454 e. The zero-order valence-electron chi connectivity index (χ0n) is 14.9. The molecular weight excluding hydrogens is 350 g/mol. The molecule has 134 valence electrons. The lowest BCUT2D eigenvalue weighted by atomic mass is 10.1. The fourth-order valence-corrected chi connectivity index (χ4v) is 3.68. The van der Waals surface area contributed by atoms with Gasteiger partial charge in [0.05, 0.1) is 11.0 Å². The van der Waals surface area contributed by atoms with Gasteiger partial charge in [0, 0.05) is 17.1 Å². The molecule has 0 radical (unpaired) electrons. The van der Waals surface area contributed by atoms with E-state index in [0.29, 0.717) is 5.82 Å². The van der Waals surface area contributed by atoms with Crippen LogP contribution >= 0.6 is 0 Å². The Morgan fingerprint density at radius 1 is 0.786 bits per heavy atom. The van der Waals surface area contributed by atoms with Crippen LogP contribution in [0.25, 0.3) is 39.0 Å². The van der Waals surface area contributed by atoms with Gasteiger partial charge in [-0.3, -0.25) is 0 Å². The molecule has 0 aliphatic carbocycles. The lowest BCUT2D eigenvalue weighted by Crippen LogP contribution is -2.01. The summed E-state index contributed by atoms with van der Waals surface area (Å²) in [6.45, 7) is 0.248. The Morgan fingerprint density at radius 2 is 1.64 bits per heavy atom. The third-order valence-corrected chi connectivity index (χ3v) is 5.04. The summed E-state index contributed by atoms with van der Waals surface area (Å²) in [6.07, 6.45) is 2.06. The van der Waals surface area contributed by atoms with Gasteiger partial charge < -0.3 is 14.0 Å². The van der Waals surface area contributed by atoms with Gasteiger partial charge in [-0.1, -0.05) is 30.3 Å². The van der Waals surface area contributed by atoms with Gasteiger partial charge in [-0.2, -0.15) is 0 Å². The van der Waals surface area contributed by atoms with Crippen molar-refractivity contribution in [2.24, 2.45) is 0 Å². The highest BCUT2D eigenvalue weighted by atomic mass is 16.7. The SMILES string of the molecule is c1ccc2c(c1)ccn2-c1nc(-c2ccc3c(c2)OCO3)nc2ccccc12. The summed E-state index contributed by atoms with van der Waals surface area (Å²) in [7, 11) is 0. The average molecular weight is 365 g/mol. The summed E-state index contributed by atoms with van der Waals surface area (Å²) in [4.78, 5) is 9.75. The molecule has 0 atom stereocenters. The van der Waals surface area contributed by atoms with Crippen molar-refractivity contribution in [2.45, 2.75) is 0 Å². The number of ether oxygens (including phenoxy) is 2. The fraction of sp³-hybridized carbons (Fsp3) is 0.0435. The minimum absolute atomic E-state index is 0.248. The van der Waals surface area contributed by atoms with Gasteiger partial charge in [-0.05, 0) is 47.9 Å². The lowest BCUT2D eigenvalue weighted by molar-refractivity contribution is 0.174. The summed E-state index contributed by atoms with van der Waals surface area (Å²) >= 11 is 0. The van der Waals surface area contributed by atoms with Gasteiger partial charge in [0.2, 0.25) is 6.79 Å².